The van der Waals surface area contributed by atoms with E-state index < -0.39 is 0 Å². The predicted molar refractivity (Wildman–Crippen MR) is 65.1 cm³/mol. The van der Waals surface area contributed by atoms with E-state index in [0.29, 0.717) is 16.5 Å². The Morgan fingerprint density at radius 3 is 3.00 bits per heavy atom. The fraction of sp³-hybridized carbons (Fsp3) is 0.400. The first-order valence-electron chi connectivity index (χ1n) is 5.58. The second kappa shape index (κ2) is 5.63. The molecule has 0 aliphatic heterocycles. The van der Waals surface area contributed by atoms with Crippen molar-refractivity contribution in [1.29, 1.82) is 0 Å². The van der Waals surface area contributed by atoms with Crippen molar-refractivity contribution in [3.63, 3.8) is 0 Å². The Morgan fingerprint density at radius 2 is 2.44 bits per heavy atom. The summed E-state index contributed by atoms with van der Waals surface area (Å²) in [6.45, 7) is 2.02. The number of tetrazole rings is 1. The maximum Gasteiger partial charge on any atom is 0.268 e. The molecule has 0 aliphatic carbocycles. The Bertz CT molecular complexity index is 508. The molecule has 0 aromatic carbocycles. The van der Waals surface area contributed by atoms with Crippen LogP contribution < -0.4 is 5.32 Å². The molecule has 8 heteroatoms. The minimum Gasteiger partial charge on any atom is -0.356 e. The molecule has 0 saturated carbocycles. The standard InChI is InChI=1S/C10H13ClN6O/c1-2-3-7(9-14-16-17-15-9)13-10(18)8-4-6(11)5-12-8/h4-5,7,12H,2-3H2,1H3,(H,13,18)(H,14,15,16,17). The Kier molecular flexibility index (Phi) is 3.93. The average Bonchev–Trinajstić information content (AvgIpc) is 2.98. The molecule has 0 fully saturated rings. The van der Waals surface area contributed by atoms with Gasteiger partial charge in [0.15, 0.2) is 5.82 Å². The lowest BCUT2D eigenvalue weighted by Crippen LogP contribution is -2.29. The molecule has 3 N–H and O–H groups in total. The molecule has 2 rings (SSSR count). The number of carbonyl (C=O) groups excluding carboxylic acids is 1. The molecule has 0 radical (unpaired) electrons. The number of halogens is 1. The van der Waals surface area contributed by atoms with Gasteiger partial charge in [-0.3, -0.25) is 4.79 Å². The molecule has 1 amide bonds. The second-order valence-electron chi connectivity index (χ2n) is 3.82. The maximum absolute atomic E-state index is 12.0. The van der Waals surface area contributed by atoms with Gasteiger partial charge in [-0.05, 0) is 12.5 Å². The highest BCUT2D eigenvalue weighted by molar-refractivity contribution is 6.30. The fourth-order valence-electron chi connectivity index (χ4n) is 1.61. The number of nitrogens with zero attached hydrogens (tertiary/aromatic N) is 3. The van der Waals surface area contributed by atoms with Crippen molar-refractivity contribution in [3.8, 4) is 0 Å². The summed E-state index contributed by atoms with van der Waals surface area (Å²) in [7, 11) is 0. The summed E-state index contributed by atoms with van der Waals surface area (Å²) in [4.78, 5) is 14.7. The molecule has 96 valence electrons. The molecular formula is C10H13ClN6O. The van der Waals surface area contributed by atoms with Gasteiger partial charge < -0.3 is 10.3 Å². The van der Waals surface area contributed by atoms with E-state index >= 15 is 0 Å². The van der Waals surface area contributed by atoms with E-state index in [9.17, 15) is 4.79 Å². The number of carbonyl (C=O) groups is 1. The van der Waals surface area contributed by atoms with Gasteiger partial charge in [-0.1, -0.05) is 30.2 Å². The Balaban J connectivity index is 2.07. The number of rotatable bonds is 5. The van der Waals surface area contributed by atoms with Crippen molar-refractivity contribution in [1.82, 2.24) is 30.9 Å². The third-order valence-electron chi connectivity index (χ3n) is 2.45. The minimum atomic E-state index is -0.261. The van der Waals surface area contributed by atoms with Crippen LogP contribution in [-0.2, 0) is 0 Å². The molecule has 2 heterocycles. The molecule has 2 aromatic heterocycles. The zero-order chi connectivity index (χ0) is 13.0. The summed E-state index contributed by atoms with van der Waals surface area (Å²) < 4.78 is 0. The van der Waals surface area contributed by atoms with Crippen molar-refractivity contribution in [2.24, 2.45) is 0 Å². The summed E-state index contributed by atoms with van der Waals surface area (Å²) in [6, 6.07) is 1.30. The lowest BCUT2D eigenvalue weighted by Gasteiger charge is -2.13. The number of H-pyrrole nitrogens is 2. The van der Waals surface area contributed by atoms with Crippen LogP contribution in [0.15, 0.2) is 12.3 Å². The number of aromatic nitrogens is 5. The van der Waals surface area contributed by atoms with Gasteiger partial charge in [0, 0.05) is 6.20 Å². The highest BCUT2D eigenvalue weighted by atomic mass is 35.5. The number of hydrogen-bond acceptors (Lipinski definition) is 4. The Hall–Kier alpha value is -1.89. The molecule has 1 atom stereocenters. The van der Waals surface area contributed by atoms with Gasteiger partial charge in [0.1, 0.15) is 5.69 Å². The zero-order valence-corrected chi connectivity index (χ0v) is 10.5. The normalized spacial score (nSPS) is 12.3. The molecule has 7 nitrogen and oxygen atoms in total. The van der Waals surface area contributed by atoms with Gasteiger partial charge in [0.05, 0.1) is 11.1 Å². The summed E-state index contributed by atoms with van der Waals surface area (Å²) >= 11 is 5.75. The van der Waals surface area contributed by atoms with Crippen molar-refractivity contribution >= 4 is 17.5 Å². The number of amides is 1. The number of aromatic amines is 2. The van der Waals surface area contributed by atoms with Crippen LogP contribution in [0.25, 0.3) is 0 Å². The molecule has 0 spiro atoms. The van der Waals surface area contributed by atoms with E-state index in [4.69, 9.17) is 11.6 Å². The molecule has 0 aliphatic rings. The third kappa shape index (κ3) is 2.86. The maximum atomic E-state index is 12.0. The lowest BCUT2D eigenvalue weighted by molar-refractivity contribution is 0.0928. The fourth-order valence-corrected chi connectivity index (χ4v) is 1.77. The third-order valence-corrected chi connectivity index (χ3v) is 2.67. The van der Waals surface area contributed by atoms with Crippen molar-refractivity contribution in [2.45, 2.75) is 25.8 Å². The predicted octanol–water partition coefficient (Wildman–Crippen LogP) is 1.45. The van der Waals surface area contributed by atoms with E-state index in [-0.39, 0.29) is 11.9 Å². The summed E-state index contributed by atoms with van der Waals surface area (Å²) in [5, 5.41) is 17.0. The molecule has 18 heavy (non-hydrogen) atoms. The zero-order valence-electron chi connectivity index (χ0n) is 9.77. The monoisotopic (exact) mass is 268 g/mol. The van der Waals surface area contributed by atoms with Crippen LogP contribution in [0.5, 0.6) is 0 Å². The topological polar surface area (TPSA) is 99.4 Å². The van der Waals surface area contributed by atoms with Gasteiger partial charge in [-0.2, -0.15) is 5.21 Å². The van der Waals surface area contributed by atoms with Gasteiger partial charge in [0.25, 0.3) is 5.91 Å². The Labute approximate surface area is 108 Å². The molecule has 0 bridgehead atoms. The van der Waals surface area contributed by atoms with E-state index in [1.807, 2.05) is 6.92 Å². The summed E-state index contributed by atoms with van der Waals surface area (Å²) in [6.07, 6.45) is 3.18. The largest absolute Gasteiger partial charge is 0.356 e. The van der Waals surface area contributed by atoms with Crippen LogP contribution >= 0.6 is 11.6 Å². The van der Waals surface area contributed by atoms with Crippen LogP contribution in [0.2, 0.25) is 5.02 Å². The van der Waals surface area contributed by atoms with Crippen LogP contribution in [0.3, 0.4) is 0 Å². The van der Waals surface area contributed by atoms with Crippen molar-refractivity contribution < 1.29 is 4.79 Å². The van der Waals surface area contributed by atoms with Crippen LogP contribution in [0.4, 0.5) is 0 Å². The van der Waals surface area contributed by atoms with E-state index in [2.05, 4.69) is 30.9 Å². The number of hydrogen-bond donors (Lipinski definition) is 3. The number of nitrogens with one attached hydrogen (secondary N) is 3. The molecular weight excluding hydrogens is 256 g/mol. The minimum absolute atomic E-state index is 0.245. The SMILES string of the molecule is CCCC(NC(=O)c1cc(Cl)c[nH]1)c1nn[nH]n1. The highest BCUT2D eigenvalue weighted by Crippen LogP contribution is 2.15. The summed E-state index contributed by atoms with van der Waals surface area (Å²) in [5.74, 6) is 0.230. The van der Waals surface area contributed by atoms with Crippen LogP contribution in [-0.4, -0.2) is 31.5 Å². The van der Waals surface area contributed by atoms with E-state index in [0.717, 1.165) is 12.8 Å². The van der Waals surface area contributed by atoms with Gasteiger partial charge in [-0.15, -0.1) is 10.2 Å². The first-order chi connectivity index (χ1) is 8.70. The van der Waals surface area contributed by atoms with E-state index in [1.54, 1.807) is 12.3 Å². The van der Waals surface area contributed by atoms with Crippen LogP contribution in [0, 0.1) is 0 Å². The van der Waals surface area contributed by atoms with Crippen molar-refractivity contribution in [2.75, 3.05) is 0 Å². The molecule has 0 saturated heterocycles. The quantitative estimate of drug-likeness (QED) is 0.764. The smallest absolute Gasteiger partial charge is 0.268 e. The summed E-state index contributed by atoms with van der Waals surface area (Å²) in [5.41, 5.74) is 0.407. The Morgan fingerprint density at radius 1 is 1.61 bits per heavy atom. The second-order valence-corrected chi connectivity index (χ2v) is 4.25. The molecule has 1 unspecified atom stereocenters. The van der Waals surface area contributed by atoms with Gasteiger partial charge in [0.2, 0.25) is 0 Å². The average molecular weight is 269 g/mol. The first-order valence-corrected chi connectivity index (χ1v) is 5.96. The molecule has 2 aromatic rings. The highest BCUT2D eigenvalue weighted by Gasteiger charge is 2.19. The van der Waals surface area contributed by atoms with Gasteiger partial charge >= 0.3 is 0 Å². The van der Waals surface area contributed by atoms with Gasteiger partial charge in [-0.25, -0.2) is 0 Å². The lowest BCUT2D eigenvalue weighted by atomic mass is 10.1. The van der Waals surface area contributed by atoms with Crippen LogP contribution in [0.1, 0.15) is 42.1 Å². The first kappa shape index (κ1) is 12.6. The van der Waals surface area contributed by atoms with E-state index in [1.165, 1.54) is 0 Å². The van der Waals surface area contributed by atoms with Crippen molar-refractivity contribution in [3.05, 3.63) is 28.8 Å².